The Morgan fingerprint density at radius 1 is 1.21 bits per heavy atom. The van der Waals surface area contributed by atoms with E-state index in [0.717, 1.165) is 0 Å². The molecule has 82 valence electrons. The third-order valence-electron chi connectivity index (χ3n) is 1.85. The van der Waals surface area contributed by atoms with E-state index in [2.05, 4.69) is 5.32 Å². The van der Waals surface area contributed by atoms with Crippen LogP contribution in [0.25, 0.3) is 0 Å². The van der Waals surface area contributed by atoms with Crippen molar-refractivity contribution in [3.8, 4) is 0 Å². The molecule has 0 spiro atoms. The zero-order valence-electron chi connectivity index (χ0n) is 9.33. The van der Waals surface area contributed by atoms with E-state index in [1.807, 2.05) is 27.7 Å². The molecule has 0 bridgehead atoms. The van der Waals surface area contributed by atoms with Crippen molar-refractivity contribution < 1.29 is 9.59 Å². The molecule has 0 saturated heterocycles. The summed E-state index contributed by atoms with van der Waals surface area (Å²) in [5.41, 5.74) is 5.08. The molecule has 0 aliphatic carbocycles. The molecule has 3 N–H and O–H groups in total. The number of carbonyl (C=O) groups excluding carboxylic acids is 2. The Labute approximate surface area is 85.2 Å². The molecule has 4 heteroatoms. The fraction of sp³-hybridized carbons (Fsp3) is 0.800. The van der Waals surface area contributed by atoms with Crippen LogP contribution in [0.15, 0.2) is 0 Å². The molecule has 0 aliphatic rings. The van der Waals surface area contributed by atoms with E-state index in [1.54, 1.807) is 0 Å². The molecule has 0 heterocycles. The molecule has 1 atom stereocenters. The lowest BCUT2D eigenvalue weighted by Crippen LogP contribution is -2.45. The standard InChI is InChI=1S/C10H20N2O2/c1-6(2)10(14)8(5-9(11)13)12-7(3)4/h6-8,12H,5H2,1-4H3,(H2,11,13)/t8-/m0/s1. The predicted octanol–water partition coefficient (Wildman–Crippen LogP) is 0.453. The summed E-state index contributed by atoms with van der Waals surface area (Å²) in [6, 6.07) is -0.269. The Kier molecular flexibility index (Phi) is 5.38. The number of nitrogens with one attached hydrogen (secondary N) is 1. The van der Waals surface area contributed by atoms with Crippen LogP contribution in [0.1, 0.15) is 34.1 Å². The van der Waals surface area contributed by atoms with Crippen LogP contribution in [0, 0.1) is 5.92 Å². The first-order valence-corrected chi connectivity index (χ1v) is 4.92. The van der Waals surface area contributed by atoms with Gasteiger partial charge in [0, 0.05) is 18.4 Å². The van der Waals surface area contributed by atoms with Crippen LogP contribution in [-0.2, 0) is 9.59 Å². The molecule has 0 saturated carbocycles. The number of carbonyl (C=O) groups is 2. The molecule has 0 aromatic rings. The van der Waals surface area contributed by atoms with Gasteiger partial charge in [-0.2, -0.15) is 0 Å². The van der Waals surface area contributed by atoms with Crippen molar-refractivity contribution in [2.24, 2.45) is 11.7 Å². The molecule has 0 aliphatic heterocycles. The molecule has 4 nitrogen and oxygen atoms in total. The van der Waals surface area contributed by atoms with Crippen LogP contribution in [0.2, 0.25) is 0 Å². The van der Waals surface area contributed by atoms with Crippen molar-refractivity contribution >= 4 is 11.7 Å². The highest BCUT2D eigenvalue weighted by molar-refractivity contribution is 5.90. The molecule has 0 aromatic heterocycles. The van der Waals surface area contributed by atoms with Gasteiger partial charge in [0.15, 0.2) is 5.78 Å². The van der Waals surface area contributed by atoms with Gasteiger partial charge in [-0.1, -0.05) is 27.7 Å². The van der Waals surface area contributed by atoms with Crippen LogP contribution in [0.4, 0.5) is 0 Å². The van der Waals surface area contributed by atoms with Crippen molar-refractivity contribution in [3.63, 3.8) is 0 Å². The summed E-state index contributed by atoms with van der Waals surface area (Å²) in [7, 11) is 0. The highest BCUT2D eigenvalue weighted by atomic mass is 16.1. The third kappa shape index (κ3) is 4.97. The molecule has 1 amide bonds. The highest BCUT2D eigenvalue weighted by Gasteiger charge is 2.23. The van der Waals surface area contributed by atoms with Crippen LogP contribution in [-0.4, -0.2) is 23.8 Å². The summed E-state index contributed by atoms with van der Waals surface area (Å²) in [4.78, 5) is 22.4. The van der Waals surface area contributed by atoms with E-state index >= 15 is 0 Å². The number of hydrogen-bond donors (Lipinski definition) is 2. The first-order chi connectivity index (χ1) is 6.34. The molecule has 0 radical (unpaired) electrons. The normalized spacial score (nSPS) is 13.3. The summed E-state index contributed by atoms with van der Waals surface area (Å²) in [5.74, 6) is -0.486. The van der Waals surface area contributed by atoms with Gasteiger partial charge in [0.25, 0.3) is 0 Å². The second-order valence-corrected chi connectivity index (χ2v) is 4.10. The van der Waals surface area contributed by atoms with Gasteiger partial charge in [-0.15, -0.1) is 0 Å². The largest absolute Gasteiger partial charge is 0.370 e. The number of rotatable bonds is 6. The van der Waals surface area contributed by atoms with E-state index < -0.39 is 11.9 Å². The zero-order valence-corrected chi connectivity index (χ0v) is 9.33. The van der Waals surface area contributed by atoms with Crippen LogP contribution < -0.4 is 11.1 Å². The quantitative estimate of drug-likeness (QED) is 0.654. The van der Waals surface area contributed by atoms with E-state index in [-0.39, 0.29) is 24.2 Å². The molecule has 14 heavy (non-hydrogen) atoms. The summed E-state index contributed by atoms with van der Waals surface area (Å²) in [5, 5.41) is 3.04. The number of primary amides is 1. The SMILES string of the molecule is CC(C)N[C@@H](CC(N)=O)C(=O)C(C)C. The summed E-state index contributed by atoms with van der Waals surface area (Å²) >= 11 is 0. The van der Waals surface area contributed by atoms with Gasteiger partial charge >= 0.3 is 0 Å². The fourth-order valence-electron chi connectivity index (χ4n) is 1.25. The first-order valence-electron chi connectivity index (χ1n) is 4.92. The van der Waals surface area contributed by atoms with Gasteiger partial charge in [-0.05, 0) is 0 Å². The molecular weight excluding hydrogens is 180 g/mol. The summed E-state index contributed by atoms with van der Waals surface area (Å²) in [6.45, 7) is 7.50. The van der Waals surface area contributed by atoms with Crippen molar-refractivity contribution in [3.05, 3.63) is 0 Å². The summed E-state index contributed by atoms with van der Waals surface area (Å²) in [6.07, 6.45) is 0.0786. The zero-order chi connectivity index (χ0) is 11.3. The van der Waals surface area contributed by atoms with Crippen molar-refractivity contribution in [2.75, 3.05) is 0 Å². The maximum atomic E-state index is 11.6. The Balaban J connectivity index is 4.38. The van der Waals surface area contributed by atoms with Gasteiger partial charge in [-0.3, -0.25) is 9.59 Å². The monoisotopic (exact) mass is 200 g/mol. The lowest BCUT2D eigenvalue weighted by atomic mass is 9.98. The lowest BCUT2D eigenvalue weighted by Gasteiger charge is -2.20. The molecule has 0 unspecified atom stereocenters. The Morgan fingerprint density at radius 2 is 1.71 bits per heavy atom. The number of ketones is 1. The van der Waals surface area contributed by atoms with Crippen molar-refractivity contribution in [1.29, 1.82) is 0 Å². The van der Waals surface area contributed by atoms with Crippen LogP contribution in [0.3, 0.4) is 0 Å². The smallest absolute Gasteiger partial charge is 0.219 e. The third-order valence-corrected chi connectivity index (χ3v) is 1.85. The topological polar surface area (TPSA) is 72.2 Å². The maximum absolute atomic E-state index is 11.6. The van der Waals surface area contributed by atoms with Crippen molar-refractivity contribution in [1.82, 2.24) is 5.32 Å². The molecule has 0 fully saturated rings. The van der Waals surface area contributed by atoms with Gasteiger partial charge < -0.3 is 11.1 Å². The maximum Gasteiger partial charge on any atom is 0.219 e. The Bertz CT molecular complexity index is 212. The average molecular weight is 200 g/mol. The second kappa shape index (κ2) is 5.75. The lowest BCUT2D eigenvalue weighted by molar-refractivity contribution is -0.127. The van der Waals surface area contributed by atoms with Crippen molar-refractivity contribution in [2.45, 2.75) is 46.2 Å². The van der Waals surface area contributed by atoms with E-state index in [1.165, 1.54) is 0 Å². The molecule has 0 aromatic carbocycles. The minimum absolute atomic E-state index is 0.0394. The highest BCUT2D eigenvalue weighted by Crippen LogP contribution is 2.04. The van der Waals surface area contributed by atoms with E-state index in [0.29, 0.717) is 0 Å². The van der Waals surface area contributed by atoms with E-state index in [9.17, 15) is 9.59 Å². The van der Waals surface area contributed by atoms with Crippen LogP contribution in [0.5, 0.6) is 0 Å². The average Bonchev–Trinajstić information content (AvgIpc) is 1.99. The first kappa shape index (κ1) is 13.1. The molecule has 0 rings (SSSR count). The summed E-state index contributed by atoms with van der Waals surface area (Å²) < 4.78 is 0. The number of amides is 1. The minimum atomic E-state index is -0.447. The number of hydrogen-bond acceptors (Lipinski definition) is 3. The fourth-order valence-corrected chi connectivity index (χ4v) is 1.25. The minimum Gasteiger partial charge on any atom is -0.370 e. The van der Waals surface area contributed by atoms with Gasteiger partial charge in [-0.25, -0.2) is 0 Å². The second-order valence-electron chi connectivity index (χ2n) is 4.10. The van der Waals surface area contributed by atoms with Gasteiger partial charge in [0.1, 0.15) is 0 Å². The molecular formula is C10H20N2O2. The Morgan fingerprint density at radius 3 is 2.00 bits per heavy atom. The van der Waals surface area contributed by atoms with Gasteiger partial charge in [0.2, 0.25) is 5.91 Å². The van der Waals surface area contributed by atoms with Gasteiger partial charge in [0.05, 0.1) is 6.04 Å². The predicted molar refractivity (Wildman–Crippen MR) is 55.7 cm³/mol. The van der Waals surface area contributed by atoms with Crippen LogP contribution >= 0.6 is 0 Å². The number of Topliss-reactive ketones (excluding diaryl/α,β-unsaturated/α-hetero) is 1. The Hall–Kier alpha value is -0.900. The number of nitrogens with two attached hydrogens (primary N) is 1. The van der Waals surface area contributed by atoms with E-state index in [4.69, 9.17) is 5.73 Å².